The highest BCUT2D eigenvalue weighted by Crippen LogP contribution is 2.21. The normalized spacial score (nSPS) is 11.4. The van der Waals surface area contributed by atoms with Crippen LogP contribution in [0.4, 0.5) is 11.4 Å². The van der Waals surface area contributed by atoms with Crippen LogP contribution in [0.5, 0.6) is 0 Å². The van der Waals surface area contributed by atoms with Crippen LogP contribution in [-0.2, 0) is 11.4 Å². The highest BCUT2D eigenvalue weighted by atomic mass is 16.6. The maximum Gasteiger partial charge on any atom is 0.163 e. The summed E-state index contributed by atoms with van der Waals surface area (Å²) in [4.78, 5) is 8.79. The molecular formula is C13H20N4O. The van der Waals surface area contributed by atoms with E-state index in [-0.39, 0.29) is 0 Å². The number of nitrogens with one attached hydrogen (secondary N) is 1. The van der Waals surface area contributed by atoms with E-state index in [1.165, 1.54) is 0 Å². The Morgan fingerprint density at radius 1 is 1.50 bits per heavy atom. The number of hydrogen-bond donors (Lipinski definition) is 2. The van der Waals surface area contributed by atoms with E-state index in [4.69, 9.17) is 10.6 Å². The first-order valence-electron chi connectivity index (χ1n) is 5.81. The van der Waals surface area contributed by atoms with Gasteiger partial charge in [-0.1, -0.05) is 11.2 Å². The van der Waals surface area contributed by atoms with Gasteiger partial charge in [-0.05, 0) is 45.2 Å². The lowest BCUT2D eigenvalue weighted by Gasteiger charge is -2.13. The van der Waals surface area contributed by atoms with E-state index in [1.807, 2.05) is 18.2 Å². The number of amidine groups is 1. The molecule has 1 rings (SSSR count). The number of nitrogens with two attached hydrogens (primary N) is 1. The number of anilines is 2. The maximum absolute atomic E-state index is 5.88. The molecule has 0 amide bonds. The quantitative estimate of drug-likeness (QED) is 0.364. The Hall–Kier alpha value is -2.04. The smallest absolute Gasteiger partial charge is 0.163 e. The van der Waals surface area contributed by atoms with Crippen LogP contribution >= 0.6 is 0 Å². The Kier molecular flexibility index (Phi) is 5.17. The topological polar surface area (TPSA) is 72.0 Å². The Morgan fingerprint density at radius 3 is 2.83 bits per heavy atom. The molecule has 0 aromatic heterocycles. The van der Waals surface area contributed by atoms with Crippen molar-refractivity contribution in [2.24, 2.45) is 10.1 Å². The van der Waals surface area contributed by atoms with Crippen molar-refractivity contribution in [2.75, 3.05) is 11.1 Å². The van der Waals surface area contributed by atoms with Crippen LogP contribution in [0.3, 0.4) is 0 Å². The number of aliphatic imine (C=N–C) groups is 1. The predicted molar refractivity (Wildman–Crippen MR) is 77.1 cm³/mol. The fourth-order valence-electron chi connectivity index (χ4n) is 1.36. The second kappa shape index (κ2) is 6.64. The molecule has 5 nitrogen and oxygen atoms in total. The third-order valence-electron chi connectivity index (χ3n) is 2.22. The van der Waals surface area contributed by atoms with E-state index >= 15 is 0 Å². The van der Waals surface area contributed by atoms with Crippen molar-refractivity contribution >= 4 is 23.9 Å². The zero-order chi connectivity index (χ0) is 13.5. The molecule has 0 bridgehead atoms. The lowest BCUT2D eigenvalue weighted by Crippen LogP contribution is -2.11. The average molecular weight is 248 g/mol. The van der Waals surface area contributed by atoms with Crippen LogP contribution in [0, 0.1) is 0 Å². The molecule has 0 radical (unpaired) electrons. The Balaban J connectivity index is 2.70. The fourth-order valence-corrected chi connectivity index (χ4v) is 1.36. The zero-order valence-corrected chi connectivity index (χ0v) is 11.1. The van der Waals surface area contributed by atoms with Gasteiger partial charge >= 0.3 is 0 Å². The molecule has 1 aromatic rings. The molecule has 0 aliphatic heterocycles. The molecule has 0 saturated carbocycles. The summed E-state index contributed by atoms with van der Waals surface area (Å²) in [6, 6.07) is 6.05. The van der Waals surface area contributed by atoms with Crippen molar-refractivity contribution in [3.8, 4) is 0 Å². The van der Waals surface area contributed by atoms with Gasteiger partial charge in [-0.25, -0.2) is 4.99 Å². The van der Waals surface area contributed by atoms with Gasteiger partial charge in [0.2, 0.25) is 0 Å². The monoisotopic (exact) mass is 248 g/mol. The maximum atomic E-state index is 5.88. The van der Waals surface area contributed by atoms with Crippen molar-refractivity contribution in [1.82, 2.24) is 0 Å². The highest BCUT2D eigenvalue weighted by molar-refractivity contribution is 5.83. The first kappa shape index (κ1) is 14.0. The van der Waals surface area contributed by atoms with E-state index in [0.29, 0.717) is 18.5 Å². The van der Waals surface area contributed by atoms with Crippen LogP contribution in [0.15, 0.2) is 28.3 Å². The minimum absolute atomic E-state index is 0.327. The van der Waals surface area contributed by atoms with Crippen molar-refractivity contribution in [1.29, 1.82) is 0 Å². The molecule has 3 N–H and O–H groups in total. The van der Waals surface area contributed by atoms with E-state index in [1.54, 1.807) is 6.92 Å². The number of nitrogens with zero attached hydrogens (tertiary/aromatic N) is 2. The number of hydrogen-bond acceptors (Lipinski definition) is 4. The number of oxime groups is 1. The summed E-state index contributed by atoms with van der Waals surface area (Å²) in [5, 5.41) is 7.07. The van der Waals surface area contributed by atoms with Gasteiger partial charge in [-0.3, -0.25) is 0 Å². The molecule has 98 valence electrons. The van der Waals surface area contributed by atoms with Gasteiger partial charge in [0.15, 0.2) is 5.84 Å². The summed E-state index contributed by atoms with van der Waals surface area (Å²) < 4.78 is 0. The summed E-state index contributed by atoms with van der Waals surface area (Å²) in [6.07, 6.45) is 0. The summed E-state index contributed by atoms with van der Waals surface area (Å²) in [5.41, 5.74) is 8.51. The number of rotatable bonds is 5. The Morgan fingerprint density at radius 2 is 2.22 bits per heavy atom. The number of benzene rings is 1. The summed E-state index contributed by atoms with van der Waals surface area (Å²) in [6.45, 7) is 9.58. The molecular weight excluding hydrogens is 228 g/mol. The molecule has 18 heavy (non-hydrogen) atoms. The predicted octanol–water partition coefficient (Wildman–Crippen LogP) is 2.64. The molecule has 0 saturated heterocycles. The van der Waals surface area contributed by atoms with Crippen LogP contribution in [-0.4, -0.2) is 18.6 Å². The van der Waals surface area contributed by atoms with Crippen LogP contribution in [0.25, 0.3) is 0 Å². The van der Waals surface area contributed by atoms with Gasteiger partial charge in [-0.2, -0.15) is 0 Å². The van der Waals surface area contributed by atoms with E-state index < -0.39 is 0 Å². The number of nitrogen functional groups attached to an aromatic ring is 1. The minimum Gasteiger partial charge on any atom is -0.397 e. The molecule has 0 fully saturated rings. The molecule has 0 heterocycles. The lowest BCUT2D eigenvalue weighted by molar-refractivity contribution is 0.130. The van der Waals surface area contributed by atoms with Crippen LogP contribution in [0.1, 0.15) is 26.3 Å². The van der Waals surface area contributed by atoms with Crippen molar-refractivity contribution < 1.29 is 4.84 Å². The first-order valence-corrected chi connectivity index (χ1v) is 5.81. The van der Waals surface area contributed by atoms with E-state index in [0.717, 1.165) is 16.9 Å². The summed E-state index contributed by atoms with van der Waals surface area (Å²) >= 11 is 0. The third-order valence-corrected chi connectivity index (χ3v) is 2.22. The molecule has 0 aliphatic carbocycles. The second-order valence-corrected chi connectivity index (χ2v) is 4.29. The molecule has 0 unspecified atom stereocenters. The molecule has 0 spiro atoms. The first-order chi connectivity index (χ1) is 8.52. The zero-order valence-electron chi connectivity index (χ0n) is 11.1. The third kappa shape index (κ3) is 4.45. The van der Waals surface area contributed by atoms with E-state index in [2.05, 4.69) is 36.0 Å². The summed E-state index contributed by atoms with van der Waals surface area (Å²) in [7, 11) is 0. The average Bonchev–Trinajstić information content (AvgIpc) is 2.32. The largest absolute Gasteiger partial charge is 0.397 e. The summed E-state index contributed by atoms with van der Waals surface area (Å²) in [5.74, 6) is 0.506. The Bertz CT molecular complexity index is 441. The molecule has 0 aliphatic rings. The van der Waals surface area contributed by atoms with Crippen molar-refractivity contribution in [2.45, 2.75) is 33.4 Å². The van der Waals surface area contributed by atoms with Crippen LogP contribution in [0.2, 0.25) is 0 Å². The van der Waals surface area contributed by atoms with Crippen LogP contribution < -0.4 is 11.1 Å². The standard InChI is InChI=1S/C13H20N4O/c1-9(2)16-13-7-11(5-6-12(13)14)8-18-17-10(3)15-4/h5-7,9,16H,4,8,14H2,1-3H3/b17-10-. The second-order valence-electron chi connectivity index (χ2n) is 4.29. The Labute approximate surface area is 108 Å². The van der Waals surface area contributed by atoms with Crippen molar-refractivity contribution in [3.05, 3.63) is 23.8 Å². The van der Waals surface area contributed by atoms with Gasteiger partial charge < -0.3 is 15.9 Å². The van der Waals surface area contributed by atoms with Gasteiger partial charge in [0.05, 0.1) is 11.4 Å². The fraction of sp³-hybridized carbons (Fsp3) is 0.385. The SMILES string of the molecule is C=N/C(C)=N\OCc1ccc(N)c(NC(C)C)c1. The minimum atomic E-state index is 0.327. The van der Waals surface area contributed by atoms with Gasteiger partial charge in [0.25, 0.3) is 0 Å². The molecule has 5 heteroatoms. The van der Waals surface area contributed by atoms with E-state index in [9.17, 15) is 0 Å². The van der Waals surface area contributed by atoms with Gasteiger partial charge in [-0.15, -0.1) is 0 Å². The van der Waals surface area contributed by atoms with Gasteiger partial charge in [0, 0.05) is 6.04 Å². The molecule has 0 atom stereocenters. The van der Waals surface area contributed by atoms with Crippen molar-refractivity contribution in [3.63, 3.8) is 0 Å². The van der Waals surface area contributed by atoms with Gasteiger partial charge in [0.1, 0.15) is 6.61 Å². The molecule has 1 aromatic carbocycles. The highest BCUT2D eigenvalue weighted by Gasteiger charge is 2.03. The lowest BCUT2D eigenvalue weighted by atomic mass is 10.1.